The summed E-state index contributed by atoms with van der Waals surface area (Å²) in [6.45, 7) is 7.83. The van der Waals surface area contributed by atoms with Gasteiger partial charge in [0.25, 0.3) is 5.91 Å². The molecule has 1 aliphatic rings. The largest absolute Gasteiger partial charge is 0.378 e. The Hall–Kier alpha value is -0.940. The molecular formula is C16H26N2O2S. The van der Waals surface area contributed by atoms with Gasteiger partial charge in [-0.25, -0.2) is 4.98 Å². The van der Waals surface area contributed by atoms with Crippen molar-refractivity contribution in [2.75, 3.05) is 20.2 Å². The summed E-state index contributed by atoms with van der Waals surface area (Å²) in [5.41, 5.74) is 0.861. The van der Waals surface area contributed by atoms with Crippen LogP contribution in [0.15, 0.2) is 0 Å². The fourth-order valence-electron chi connectivity index (χ4n) is 2.57. The highest BCUT2D eigenvalue weighted by molar-refractivity contribution is 7.13. The van der Waals surface area contributed by atoms with Crippen LogP contribution in [0.3, 0.4) is 0 Å². The van der Waals surface area contributed by atoms with Crippen molar-refractivity contribution in [3.63, 3.8) is 0 Å². The maximum absolute atomic E-state index is 12.5. The third-order valence-corrected chi connectivity index (χ3v) is 5.34. The highest BCUT2D eigenvalue weighted by atomic mass is 32.1. The fraction of sp³-hybridized carbons (Fsp3) is 0.750. The lowest BCUT2D eigenvalue weighted by Gasteiger charge is -2.17. The number of nitrogens with zero attached hydrogens (tertiary/aromatic N) is 2. The smallest absolute Gasteiger partial charge is 0.265 e. The molecule has 0 unspecified atom stereocenters. The maximum Gasteiger partial charge on any atom is 0.265 e. The van der Waals surface area contributed by atoms with Crippen LogP contribution in [0.1, 0.15) is 65.8 Å². The van der Waals surface area contributed by atoms with Crippen LogP contribution in [-0.4, -0.2) is 42.1 Å². The monoisotopic (exact) mass is 310 g/mol. The SMILES string of the molecule is Cc1nc(C(C)C)sc1C(=O)N(C)CCC[C@H]1CCCO1. The molecule has 1 aliphatic heterocycles. The number of carbonyl (C=O) groups is 1. The van der Waals surface area contributed by atoms with Crippen molar-refractivity contribution in [3.8, 4) is 0 Å². The first-order valence-electron chi connectivity index (χ1n) is 7.83. The number of thiazole rings is 1. The van der Waals surface area contributed by atoms with Crippen molar-refractivity contribution in [3.05, 3.63) is 15.6 Å². The summed E-state index contributed by atoms with van der Waals surface area (Å²) in [7, 11) is 1.88. The minimum atomic E-state index is 0.101. The first-order chi connectivity index (χ1) is 9.99. The van der Waals surface area contributed by atoms with Crippen molar-refractivity contribution < 1.29 is 9.53 Å². The molecule has 4 nitrogen and oxygen atoms in total. The number of carbonyl (C=O) groups excluding carboxylic acids is 1. The molecule has 1 aromatic heterocycles. The summed E-state index contributed by atoms with van der Waals surface area (Å²) >= 11 is 1.54. The first kappa shape index (κ1) is 16.4. The first-order valence-corrected chi connectivity index (χ1v) is 8.65. The lowest BCUT2D eigenvalue weighted by atomic mass is 10.1. The molecule has 118 valence electrons. The minimum absolute atomic E-state index is 0.101. The molecule has 0 N–H and O–H groups in total. The zero-order valence-electron chi connectivity index (χ0n) is 13.5. The molecular weight excluding hydrogens is 284 g/mol. The van der Waals surface area contributed by atoms with Gasteiger partial charge in [-0.2, -0.15) is 0 Å². The van der Waals surface area contributed by atoms with E-state index in [9.17, 15) is 4.79 Å². The van der Waals surface area contributed by atoms with Gasteiger partial charge in [0.1, 0.15) is 4.88 Å². The average Bonchev–Trinajstić information content (AvgIpc) is 3.07. The van der Waals surface area contributed by atoms with Gasteiger partial charge in [-0.05, 0) is 32.6 Å². The number of aryl methyl sites for hydroxylation is 1. The molecule has 5 heteroatoms. The van der Waals surface area contributed by atoms with E-state index in [1.54, 1.807) is 0 Å². The highest BCUT2D eigenvalue weighted by Crippen LogP contribution is 2.25. The van der Waals surface area contributed by atoms with Crippen molar-refractivity contribution >= 4 is 17.2 Å². The number of amides is 1. The number of hydrogen-bond donors (Lipinski definition) is 0. The van der Waals surface area contributed by atoms with Gasteiger partial charge in [0.05, 0.1) is 16.8 Å². The van der Waals surface area contributed by atoms with E-state index in [1.807, 2.05) is 18.9 Å². The quantitative estimate of drug-likeness (QED) is 0.806. The zero-order chi connectivity index (χ0) is 15.4. The molecule has 1 saturated heterocycles. The summed E-state index contributed by atoms with van der Waals surface area (Å²) in [4.78, 5) is 19.6. The van der Waals surface area contributed by atoms with Crippen LogP contribution in [0, 0.1) is 6.92 Å². The summed E-state index contributed by atoms with van der Waals surface area (Å²) in [5, 5.41) is 1.05. The third-order valence-electron chi connectivity index (χ3n) is 3.89. The molecule has 1 fully saturated rings. The Morgan fingerprint density at radius 2 is 2.29 bits per heavy atom. The predicted octanol–water partition coefficient (Wildman–Crippen LogP) is 3.61. The Bertz CT molecular complexity index is 479. The fourth-order valence-corrected chi connectivity index (χ4v) is 3.63. The molecule has 0 radical (unpaired) electrons. The Morgan fingerprint density at radius 3 is 2.86 bits per heavy atom. The van der Waals surface area contributed by atoms with E-state index in [4.69, 9.17) is 4.74 Å². The summed E-state index contributed by atoms with van der Waals surface area (Å²) in [6, 6.07) is 0. The standard InChI is InChI=1S/C16H26N2O2S/c1-11(2)15-17-12(3)14(21-15)16(19)18(4)9-5-7-13-8-6-10-20-13/h11,13H,5-10H2,1-4H3/t13-/m0/s1. The van der Waals surface area contributed by atoms with Gasteiger partial charge in [-0.15, -0.1) is 11.3 Å². The molecule has 0 aromatic carbocycles. The number of hydrogen-bond acceptors (Lipinski definition) is 4. The van der Waals surface area contributed by atoms with Crippen LogP contribution in [-0.2, 0) is 4.74 Å². The molecule has 0 aliphatic carbocycles. The van der Waals surface area contributed by atoms with Crippen LogP contribution in [0.2, 0.25) is 0 Å². The Kier molecular flexibility index (Phi) is 5.76. The van der Waals surface area contributed by atoms with Gasteiger partial charge in [0.15, 0.2) is 0 Å². The molecule has 1 atom stereocenters. The van der Waals surface area contributed by atoms with Crippen LogP contribution in [0.5, 0.6) is 0 Å². The average molecular weight is 310 g/mol. The Labute approximate surface area is 131 Å². The molecule has 1 amide bonds. The summed E-state index contributed by atoms with van der Waals surface area (Å²) < 4.78 is 5.62. The van der Waals surface area contributed by atoms with Gasteiger partial charge < -0.3 is 9.64 Å². The van der Waals surface area contributed by atoms with Crippen molar-refractivity contribution in [1.82, 2.24) is 9.88 Å². The molecule has 1 aromatic rings. The predicted molar refractivity (Wildman–Crippen MR) is 86.1 cm³/mol. The van der Waals surface area contributed by atoms with Gasteiger partial charge >= 0.3 is 0 Å². The summed E-state index contributed by atoms with van der Waals surface area (Å²) in [5.74, 6) is 0.476. The van der Waals surface area contributed by atoms with Crippen molar-refractivity contribution in [2.24, 2.45) is 0 Å². The normalized spacial score (nSPS) is 18.4. The zero-order valence-corrected chi connectivity index (χ0v) is 14.3. The molecule has 2 rings (SSSR count). The van der Waals surface area contributed by atoms with Crippen LogP contribution >= 0.6 is 11.3 Å². The van der Waals surface area contributed by atoms with Crippen LogP contribution in [0.4, 0.5) is 0 Å². The van der Waals surface area contributed by atoms with E-state index in [-0.39, 0.29) is 5.91 Å². The lowest BCUT2D eigenvalue weighted by molar-refractivity contribution is 0.0766. The highest BCUT2D eigenvalue weighted by Gasteiger charge is 2.21. The summed E-state index contributed by atoms with van der Waals surface area (Å²) in [6.07, 6.45) is 4.81. The minimum Gasteiger partial charge on any atom is -0.378 e. The second kappa shape index (κ2) is 7.36. The van der Waals surface area contributed by atoms with E-state index < -0.39 is 0 Å². The van der Waals surface area contributed by atoms with Gasteiger partial charge in [0, 0.05) is 26.1 Å². The van der Waals surface area contributed by atoms with Crippen molar-refractivity contribution in [2.45, 2.75) is 58.5 Å². The van der Waals surface area contributed by atoms with Gasteiger partial charge in [-0.3, -0.25) is 4.79 Å². The molecule has 0 bridgehead atoms. The number of aromatic nitrogens is 1. The van der Waals surface area contributed by atoms with E-state index in [0.717, 1.165) is 41.6 Å². The Morgan fingerprint density at radius 1 is 1.52 bits per heavy atom. The molecule has 21 heavy (non-hydrogen) atoms. The number of rotatable bonds is 6. The number of ether oxygens (including phenoxy) is 1. The second-order valence-electron chi connectivity index (χ2n) is 6.13. The van der Waals surface area contributed by atoms with Gasteiger partial charge in [-0.1, -0.05) is 13.8 Å². The molecule has 2 heterocycles. The lowest BCUT2D eigenvalue weighted by Crippen LogP contribution is -2.28. The van der Waals surface area contributed by atoms with Crippen LogP contribution < -0.4 is 0 Å². The van der Waals surface area contributed by atoms with Crippen LogP contribution in [0.25, 0.3) is 0 Å². The second-order valence-corrected chi connectivity index (χ2v) is 7.16. The molecule has 0 spiro atoms. The maximum atomic E-state index is 12.5. The van der Waals surface area contributed by atoms with E-state index >= 15 is 0 Å². The Balaban J connectivity index is 1.86. The van der Waals surface area contributed by atoms with Crippen molar-refractivity contribution in [1.29, 1.82) is 0 Å². The van der Waals surface area contributed by atoms with E-state index in [0.29, 0.717) is 12.0 Å². The van der Waals surface area contributed by atoms with E-state index in [2.05, 4.69) is 18.8 Å². The van der Waals surface area contributed by atoms with E-state index in [1.165, 1.54) is 24.2 Å². The topological polar surface area (TPSA) is 42.4 Å². The molecule has 0 saturated carbocycles. The van der Waals surface area contributed by atoms with Gasteiger partial charge in [0.2, 0.25) is 0 Å². The third kappa shape index (κ3) is 4.27.